The molecule has 1 unspecified atom stereocenters. The second-order valence-corrected chi connectivity index (χ2v) is 5.05. The monoisotopic (exact) mass is 285 g/mol. The Hall–Kier alpha value is -2.33. The molecule has 0 heterocycles. The van der Waals surface area contributed by atoms with Gasteiger partial charge in [-0.3, -0.25) is 4.79 Å². The molecule has 2 aromatic carbocycles. The van der Waals surface area contributed by atoms with Crippen LogP contribution < -0.4 is 10.1 Å². The van der Waals surface area contributed by atoms with Gasteiger partial charge in [-0.05, 0) is 30.7 Å². The average molecular weight is 285 g/mol. The zero-order valence-corrected chi connectivity index (χ0v) is 12.2. The molecule has 1 atom stereocenters. The number of hydrogen-bond donors (Lipinski definition) is 2. The second-order valence-electron chi connectivity index (χ2n) is 5.05. The lowest BCUT2D eigenvalue weighted by Crippen LogP contribution is -2.38. The first-order valence-corrected chi connectivity index (χ1v) is 6.73. The Labute approximate surface area is 124 Å². The van der Waals surface area contributed by atoms with Crippen LogP contribution in [0.1, 0.15) is 22.8 Å². The van der Waals surface area contributed by atoms with E-state index in [1.54, 1.807) is 38.3 Å². The number of ether oxygens (including phenoxy) is 1. The lowest BCUT2D eigenvalue weighted by atomic mass is 9.96. The molecule has 0 radical (unpaired) electrons. The summed E-state index contributed by atoms with van der Waals surface area (Å²) in [7, 11) is 1.55. The maximum atomic E-state index is 12.1. The molecule has 0 saturated heterocycles. The van der Waals surface area contributed by atoms with Gasteiger partial charge in [0.15, 0.2) is 0 Å². The minimum atomic E-state index is -1.12. The van der Waals surface area contributed by atoms with E-state index in [2.05, 4.69) is 5.32 Å². The zero-order chi connectivity index (χ0) is 15.3. The van der Waals surface area contributed by atoms with Crippen molar-refractivity contribution in [2.45, 2.75) is 12.5 Å². The molecule has 1 amide bonds. The first kappa shape index (κ1) is 15.1. The molecule has 0 fully saturated rings. The summed E-state index contributed by atoms with van der Waals surface area (Å²) in [5, 5.41) is 13.2. The number of nitrogens with one attached hydrogen (secondary N) is 1. The summed E-state index contributed by atoms with van der Waals surface area (Å²) in [6, 6.07) is 16.1. The first-order chi connectivity index (χ1) is 10.0. The number of carbonyl (C=O) groups excluding carboxylic acids is 1. The third-order valence-corrected chi connectivity index (χ3v) is 3.32. The molecule has 2 N–H and O–H groups in total. The van der Waals surface area contributed by atoms with Crippen molar-refractivity contribution in [3.05, 3.63) is 65.7 Å². The number of rotatable bonds is 5. The van der Waals surface area contributed by atoms with Gasteiger partial charge in [-0.25, -0.2) is 0 Å². The van der Waals surface area contributed by atoms with Crippen molar-refractivity contribution in [2.24, 2.45) is 0 Å². The molecule has 0 aromatic heterocycles. The van der Waals surface area contributed by atoms with Gasteiger partial charge in [-0.1, -0.05) is 36.4 Å². The molecule has 2 aromatic rings. The van der Waals surface area contributed by atoms with E-state index in [4.69, 9.17) is 4.74 Å². The number of hydrogen-bond acceptors (Lipinski definition) is 3. The minimum Gasteiger partial charge on any atom is -0.497 e. The third-order valence-electron chi connectivity index (χ3n) is 3.32. The van der Waals surface area contributed by atoms with Gasteiger partial charge < -0.3 is 15.2 Å². The van der Waals surface area contributed by atoms with Gasteiger partial charge in [0.2, 0.25) is 0 Å². The Morgan fingerprint density at radius 2 is 1.90 bits per heavy atom. The Bertz CT molecular complexity index is 608. The molecule has 0 spiro atoms. The van der Waals surface area contributed by atoms with Crippen LogP contribution in [0.2, 0.25) is 0 Å². The van der Waals surface area contributed by atoms with Crippen LogP contribution in [0.3, 0.4) is 0 Å². The van der Waals surface area contributed by atoms with Crippen molar-refractivity contribution < 1.29 is 14.6 Å². The lowest BCUT2D eigenvalue weighted by molar-refractivity contribution is 0.0526. The summed E-state index contributed by atoms with van der Waals surface area (Å²) in [6.07, 6.45) is 0. The predicted octanol–water partition coefficient (Wildman–Crippen LogP) is 2.33. The SMILES string of the molecule is COc1cccc(C(=O)NCC(C)(O)c2ccccc2)c1. The van der Waals surface area contributed by atoms with E-state index >= 15 is 0 Å². The van der Waals surface area contributed by atoms with Gasteiger partial charge in [0, 0.05) is 5.56 Å². The van der Waals surface area contributed by atoms with Crippen LogP contribution in [0.5, 0.6) is 5.75 Å². The highest BCUT2D eigenvalue weighted by Gasteiger charge is 2.23. The lowest BCUT2D eigenvalue weighted by Gasteiger charge is -2.24. The van der Waals surface area contributed by atoms with Crippen molar-refractivity contribution in [2.75, 3.05) is 13.7 Å². The summed E-state index contributed by atoms with van der Waals surface area (Å²) >= 11 is 0. The van der Waals surface area contributed by atoms with Crippen LogP contribution in [0, 0.1) is 0 Å². The fraction of sp³-hybridized carbons (Fsp3) is 0.235. The molecular weight excluding hydrogens is 266 g/mol. The van der Waals surface area contributed by atoms with Gasteiger partial charge >= 0.3 is 0 Å². The largest absolute Gasteiger partial charge is 0.497 e. The van der Waals surface area contributed by atoms with Crippen molar-refractivity contribution in [3.63, 3.8) is 0 Å². The van der Waals surface area contributed by atoms with E-state index in [9.17, 15) is 9.90 Å². The second kappa shape index (κ2) is 6.41. The minimum absolute atomic E-state index is 0.132. The summed E-state index contributed by atoms with van der Waals surface area (Å²) in [4.78, 5) is 12.1. The van der Waals surface area contributed by atoms with Crippen molar-refractivity contribution in [3.8, 4) is 5.75 Å². The van der Waals surface area contributed by atoms with Crippen molar-refractivity contribution in [1.29, 1.82) is 0 Å². The maximum Gasteiger partial charge on any atom is 0.251 e. The molecule has 4 nitrogen and oxygen atoms in total. The predicted molar refractivity (Wildman–Crippen MR) is 81.3 cm³/mol. The number of benzene rings is 2. The molecule has 4 heteroatoms. The first-order valence-electron chi connectivity index (χ1n) is 6.73. The molecule has 2 rings (SSSR count). The van der Waals surface area contributed by atoms with E-state index in [0.29, 0.717) is 11.3 Å². The van der Waals surface area contributed by atoms with Crippen molar-refractivity contribution in [1.82, 2.24) is 5.32 Å². The average Bonchev–Trinajstić information content (AvgIpc) is 2.53. The van der Waals surface area contributed by atoms with Gasteiger partial charge in [0.05, 0.1) is 13.7 Å². The van der Waals surface area contributed by atoms with Crippen LogP contribution in [0.25, 0.3) is 0 Å². The Morgan fingerprint density at radius 3 is 2.57 bits per heavy atom. The summed E-state index contributed by atoms with van der Waals surface area (Å²) < 4.78 is 5.09. The topological polar surface area (TPSA) is 58.6 Å². The standard InChI is InChI=1S/C17H19NO3/c1-17(20,14-8-4-3-5-9-14)12-18-16(19)13-7-6-10-15(11-13)21-2/h3-11,20H,12H2,1-2H3,(H,18,19). The van der Waals surface area contributed by atoms with Crippen LogP contribution in [-0.2, 0) is 5.60 Å². The van der Waals surface area contributed by atoms with E-state index in [1.807, 2.05) is 30.3 Å². The van der Waals surface area contributed by atoms with Crippen LogP contribution in [0.15, 0.2) is 54.6 Å². The summed E-state index contributed by atoms with van der Waals surface area (Å²) in [5.74, 6) is 0.377. The number of aliphatic hydroxyl groups is 1. The molecule has 21 heavy (non-hydrogen) atoms. The van der Waals surface area contributed by atoms with Gasteiger partial charge in [-0.15, -0.1) is 0 Å². The Balaban J connectivity index is 2.03. The van der Waals surface area contributed by atoms with Crippen LogP contribution in [-0.4, -0.2) is 24.7 Å². The smallest absolute Gasteiger partial charge is 0.251 e. The van der Waals surface area contributed by atoms with Gasteiger partial charge in [-0.2, -0.15) is 0 Å². The highest BCUT2D eigenvalue weighted by molar-refractivity contribution is 5.94. The van der Waals surface area contributed by atoms with Crippen LogP contribution >= 0.6 is 0 Å². The normalized spacial score (nSPS) is 13.3. The summed E-state index contributed by atoms with van der Waals surface area (Å²) in [5.41, 5.74) is 0.143. The molecule has 0 aliphatic heterocycles. The van der Waals surface area contributed by atoms with E-state index in [-0.39, 0.29) is 12.5 Å². The molecular formula is C17H19NO3. The fourth-order valence-corrected chi connectivity index (χ4v) is 2.02. The Kier molecular flexibility index (Phi) is 4.60. The molecule has 0 aliphatic rings. The molecule has 0 saturated carbocycles. The molecule has 110 valence electrons. The molecule has 0 bridgehead atoms. The maximum absolute atomic E-state index is 12.1. The highest BCUT2D eigenvalue weighted by atomic mass is 16.5. The van der Waals surface area contributed by atoms with Gasteiger partial charge in [0.25, 0.3) is 5.91 Å². The van der Waals surface area contributed by atoms with Gasteiger partial charge in [0.1, 0.15) is 11.4 Å². The van der Waals surface area contributed by atoms with E-state index in [1.165, 1.54) is 0 Å². The number of carbonyl (C=O) groups is 1. The highest BCUT2D eigenvalue weighted by Crippen LogP contribution is 2.19. The van der Waals surface area contributed by atoms with E-state index < -0.39 is 5.60 Å². The third kappa shape index (κ3) is 3.83. The Morgan fingerprint density at radius 1 is 1.19 bits per heavy atom. The summed E-state index contributed by atoms with van der Waals surface area (Å²) in [6.45, 7) is 1.81. The number of methoxy groups -OCH3 is 1. The van der Waals surface area contributed by atoms with E-state index in [0.717, 1.165) is 5.56 Å². The van der Waals surface area contributed by atoms with Crippen molar-refractivity contribution >= 4 is 5.91 Å². The van der Waals surface area contributed by atoms with Crippen LogP contribution in [0.4, 0.5) is 0 Å². The fourth-order valence-electron chi connectivity index (χ4n) is 2.02. The zero-order valence-electron chi connectivity index (χ0n) is 12.2. The number of amides is 1. The quantitative estimate of drug-likeness (QED) is 0.886. The molecule has 0 aliphatic carbocycles.